The maximum atomic E-state index is 6.38. The molecule has 0 fully saturated rings. The molecule has 7 rings (SSSR count). The number of hydrogen-bond donors (Lipinski definition) is 0. The number of hydrogen-bond acceptors (Lipinski definition) is 2. The van der Waals surface area contributed by atoms with Gasteiger partial charge in [0.15, 0.2) is 0 Å². The number of aliphatic imine (C=N–C) groups is 2. The Kier molecular flexibility index (Phi) is 8.08. The summed E-state index contributed by atoms with van der Waals surface area (Å²) in [5.41, 5.74) is 9.82. The Morgan fingerprint density at radius 3 is 1.24 bits per heavy atom. The SMILES string of the molecule is Clc1cccc(C=Nc2ccc(C3(c4ccc(N=Cc5cccc(Cl)c5Cl)cc4)c4ccccc4-c4ccccc43)cc2)c1Cl. The first-order valence-corrected chi connectivity index (χ1v) is 15.8. The second kappa shape index (κ2) is 12.3. The second-order valence-corrected chi connectivity index (χ2v) is 12.3. The Bertz CT molecular complexity index is 1950. The van der Waals surface area contributed by atoms with Crippen LogP contribution < -0.4 is 0 Å². The van der Waals surface area contributed by atoms with E-state index in [4.69, 9.17) is 56.4 Å². The van der Waals surface area contributed by atoms with E-state index in [9.17, 15) is 0 Å². The predicted octanol–water partition coefficient (Wildman–Crippen LogP) is 12.2. The molecule has 6 heteroatoms. The van der Waals surface area contributed by atoms with Gasteiger partial charge >= 0.3 is 0 Å². The molecule has 0 spiro atoms. The van der Waals surface area contributed by atoms with Gasteiger partial charge in [-0.2, -0.15) is 0 Å². The maximum absolute atomic E-state index is 6.38. The topological polar surface area (TPSA) is 24.7 Å². The van der Waals surface area contributed by atoms with E-state index >= 15 is 0 Å². The molecule has 0 aromatic heterocycles. The van der Waals surface area contributed by atoms with Crippen molar-refractivity contribution in [3.05, 3.63) is 187 Å². The highest BCUT2D eigenvalue weighted by molar-refractivity contribution is 6.44. The Morgan fingerprint density at radius 1 is 0.422 bits per heavy atom. The van der Waals surface area contributed by atoms with Gasteiger partial charge in [-0.3, -0.25) is 9.98 Å². The molecule has 0 bridgehead atoms. The average Bonchev–Trinajstić information content (AvgIpc) is 3.38. The zero-order valence-electron chi connectivity index (χ0n) is 23.8. The van der Waals surface area contributed by atoms with Crippen molar-refractivity contribution in [2.75, 3.05) is 0 Å². The van der Waals surface area contributed by atoms with Gasteiger partial charge in [-0.05, 0) is 69.8 Å². The van der Waals surface area contributed by atoms with E-state index in [1.807, 2.05) is 48.5 Å². The molecule has 45 heavy (non-hydrogen) atoms. The average molecular weight is 662 g/mol. The molecule has 0 saturated heterocycles. The lowest BCUT2D eigenvalue weighted by Crippen LogP contribution is -2.28. The van der Waals surface area contributed by atoms with Crippen molar-refractivity contribution in [1.29, 1.82) is 0 Å². The van der Waals surface area contributed by atoms with Crippen LogP contribution in [0, 0.1) is 0 Å². The molecule has 0 radical (unpaired) electrons. The number of halogens is 4. The van der Waals surface area contributed by atoms with Gasteiger partial charge in [-0.1, -0.05) is 143 Å². The fourth-order valence-corrected chi connectivity index (χ4v) is 6.86. The molecule has 0 atom stereocenters. The normalized spacial score (nSPS) is 13.3. The van der Waals surface area contributed by atoms with Crippen LogP contribution in [-0.2, 0) is 5.41 Å². The molecule has 0 aliphatic heterocycles. The third-order valence-electron chi connectivity index (χ3n) is 8.22. The summed E-state index contributed by atoms with van der Waals surface area (Å²) in [5.74, 6) is 0. The van der Waals surface area contributed by atoms with Gasteiger partial charge in [-0.15, -0.1) is 0 Å². The molecule has 0 unspecified atom stereocenters. The number of rotatable bonds is 6. The van der Waals surface area contributed by atoms with Crippen molar-refractivity contribution < 1.29 is 0 Å². The van der Waals surface area contributed by atoms with Crippen LogP contribution in [0.15, 0.2) is 143 Å². The zero-order valence-corrected chi connectivity index (χ0v) is 26.8. The predicted molar refractivity (Wildman–Crippen MR) is 191 cm³/mol. The molecular weight excluding hydrogens is 638 g/mol. The number of nitrogens with zero attached hydrogens (tertiary/aromatic N) is 2. The number of benzene rings is 6. The number of fused-ring (bicyclic) bond motifs is 3. The summed E-state index contributed by atoms with van der Waals surface area (Å²) in [6.07, 6.45) is 3.49. The van der Waals surface area contributed by atoms with Gasteiger partial charge in [0.05, 0.1) is 36.9 Å². The largest absolute Gasteiger partial charge is 0.256 e. The van der Waals surface area contributed by atoms with Crippen molar-refractivity contribution >= 4 is 70.2 Å². The molecule has 0 N–H and O–H groups in total. The summed E-state index contributed by atoms with van der Waals surface area (Å²) in [5, 5.41) is 1.98. The monoisotopic (exact) mass is 660 g/mol. The van der Waals surface area contributed by atoms with E-state index in [0.29, 0.717) is 20.1 Å². The van der Waals surface area contributed by atoms with Gasteiger partial charge in [0.25, 0.3) is 0 Å². The van der Waals surface area contributed by atoms with Crippen LogP contribution in [0.3, 0.4) is 0 Å². The van der Waals surface area contributed by atoms with E-state index in [-0.39, 0.29) is 0 Å². The molecule has 0 heterocycles. The molecule has 1 aliphatic carbocycles. The standard InChI is InChI=1S/C39H24Cl4N2/c40-35-13-5-7-25(37(35)42)23-44-29-19-15-27(16-20-29)39(33-11-3-1-9-31(33)32-10-2-4-12-34(32)39)28-17-21-30(22-18-28)45-24-26-8-6-14-36(41)38(26)43/h1-24H. The van der Waals surface area contributed by atoms with Crippen molar-refractivity contribution in [2.24, 2.45) is 9.98 Å². The van der Waals surface area contributed by atoms with Crippen molar-refractivity contribution in [3.8, 4) is 11.1 Å². The highest BCUT2D eigenvalue weighted by Crippen LogP contribution is 2.56. The van der Waals surface area contributed by atoms with Gasteiger partial charge in [0.1, 0.15) is 0 Å². The van der Waals surface area contributed by atoms with Crippen LogP contribution in [0.5, 0.6) is 0 Å². The fourth-order valence-electron chi connectivity index (χ4n) is 6.15. The quantitative estimate of drug-likeness (QED) is 0.158. The van der Waals surface area contributed by atoms with E-state index in [1.54, 1.807) is 24.6 Å². The van der Waals surface area contributed by atoms with Crippen molar-refractivity contribution in [2.45, 2.75) is 5.41 Å². The lowest BCUT2D eigenvalue weighted by atomic mass is 9.67. The Balaban J connectivity index is 1.32. The molecule has 2 nitrogen and oxygen atoms in total. The summed E-state index contributed by atoms with van der Waals surface area (Å²) in [6, 6.07) is 45.2. The first-order valence-electron chi connectivity index (χ1n) is 14.3. The van der Waals surface area contributed by atoms with Crippen molar-refractivity contribution in [1.82, 2.24) is 0 Å². The van der Waals surface area contributed by atoms with E-state index in [1.165, 1.54) is 22.3 Å². The van der Waals surface area contributed by atoms with Gasteiger partial charge in [0, 0.05) is 23.6 Å². The van der Waals surface area contributed by atoms with E-state index in [2.05, 4.69) is 72.8 Å². The molecule has 0 saturated carbocycles. The summed E-state index contributed by atoms with van der Waals surface area (Å²) < 4.78 is 0. The molecule has 6 aromatic rings. The first-order chi connectivity index (χ1) is 22.0. The summed E-state index contributed by atoms with van der Waals surface area (Å²) in [4.78, 5) is 9.39. The maximum Gasteiger partial charge on any atom is 0.0713 e. The van der Waals surface area contributed by atoms with Crippen LogP contribution in [0.25, 0.3) is 11.1 Å². The Hall–Kier alpha value is -4.18. The third kappa shape index (κ3) is 5.28. The van der Waals surface area contributed by atoms with Gasteiger partial charge in [-0.25, -0.2) is 0 Å². The molecule has 1 aliphatic rings. The molecular formula is C39H24Cl4N2. The Labute approximate surface area is 282 Å². The minimum atomic E-state index is -0.537. The second-order valence-electron chi connectivity index (χ2n) is 10.7. The van der Waals surface area contributed by atoms with Gasteiger partial charge in [0.2, 0.25) is 0 Å². The van der Waals surface area contributed by atoms with Crippen LogP contribution in [0.1, 0.15) is 33.4 Å². The summed E-state index contributed by atoms with van der Waals surface area (Å²) in [7, 11) is 0. The summed E-state index contributed by atoms with van der Waals surface area (Å²) >= 11 is 25.2. The molecule has 218 valence electrons. The van der Waals surface area contributed by atoms with E-state index < -0.39 is 5.41 Å². The van der Waals surface area contributed by atoms with Crippen molar-refractivity contribution in [3.63, 3.8) is 0 Å². The molecule has 0 amide bonds. The highest BCUT2D eigenvalue weighted by Gasteiger charge is 2.45. The zero-order chi connectivity index (χ0) is 31.0. The smallest absolute Gasteiger partial charge is 0.0713 e. The Morgan fingerprint density at radius 2 is 0.822 bits per heavy atom. The first kappa shape index (κ1) is 29.5. The third-order valence-corrected chi connectivity index (χ3v) is 9.89. The summed E-state index contributed by atoms with van der Waals surface area (Å²) in [6.45, 7) is 0. The minimum absolute atomic E-state index is 0.487. The van der Waals surface area contributed by atoms with Crippen LogP contribution in [0.2, 0.25) is 20.1 Å². The van der Waals surface area contributed by atoms with Crippen LogP contribution in [0.4, 0.5) is 11.4 Å². The fraction of sp³-hybridized carbons (Fsp3) is 0.0256. The lowest BCUT2D eigenvalue weighted by molar-refractivity contribution is 0.768. The minimum Gasteiger partial charge on any atom is -0.256 e. The highest BCUT2D eigenvalue weighted by atomic mass is 35.5. The van der Waals surface area contributed by atoms with Gasteiger partial charge < -0.3 is 0 Å². The molecule has 6 aromatic carbocycles. The van der Waals surface area contributed by atoms with Crippen LogP contribution >= 0.6 is 46.4 Å². The lowest BCUT2D eigenvalue weighted by Gasteiger charge is -2.34. The van der Waals surface area contributed by atoms with E-state index in [0.717, 1.165) is 33.6 Å². The van der Waals surface area contributed by atoms with Crippen LogP contribution in [-0.4, -0.2) is 12.4 Å².